The average molecular weight is 534 g/mol. The first-order valence-electron chi connectivity index (χ1n) is 7.99. The zero-order valence-corrected chi connectivity index (χ0v) is 19.5. The molecule has 4 aromatic rings. The Labute approximate surface area is 181 Å². The van der Waals surface area contributed by atoms with Gasteiger partial charge in [-0.05, 0) is 26.7 Å². The summed E-state index contributed by atoms with van der Waals surface area (Å²) in [5.41, 5.74) is 5.56. The van der Waals surface area contributed by atoms with Crippen LogP contribution in [0.3, 0.4) is 0 Å². The first-order chi connectivity index (χ1) is 10.7. The summed E-state index contributed by atoms with van der Waals surface area (Å²) in [6.45, 7) is 4.31. The molecule has 0 amide bonds. The predicted octanol–water partition coefficient (Wildman–Crippen LogP) is -0.162. The van der Waals surface area contributed by atoms with Crippen LogP contribution in [0.2, 0.25) is 0 Å². The van der Waals surface area contributed by atoms with Crippen LogP contribution in [0.4, 0.5) is 0 Å². The van der Waals surface area contributed by atoms with Crippen LogP contribution < -0.4 is 24.8 Å². The molecule has 126 valence electrons. The van der Waals surface area contributed by atoms with Crippen molar-refractivity contribution in [2.45, 2.75) is 26.7 Å². The Morgan fingerprint density at radius 1 is 0.640 bits per heavy atom. The second-order valence-corrected chi connectivity index (χ2v) is 6.49. The summed E-state index contributed by atoms with van der Waals surface area (Å²) in [5, 5.41) is 5.48. The second kappa shape index (κ2) is 9.16. The molecule has 4 aromatic carbocycles. The molecule has 0 atom stereocenters. The van der Waals surface area contributed by atoms with Crippen molar-refractivity contribution in [2.75, 3.05) is 0 Å². The van der Waals surface area contributed by atoms with E-state index in [9.17, 15) is 0 Å². The molecule has 4 rings (SSSR count). The largest absolute Gasteiger partial charge is 4.00 e. The maximum absolute atomic E-state index is 2.34. The topological polar surface area (TPSA) is 0 Å². The van der Waals surface area contributed by atoms with E-state index in [1.54, 1.807) is 0 Å². The summed E-state index contributed by atoms with van der Waals surface area (Å²) in [5.74, 6) is 0. The third kappa shape index (κ3) is 4.84. The van der Waals surface area contributed by atoms with E-state index in [4.69, 9.17) is 0 Å². The van der Waals surface area contributed by atoms with Crippen LogP contribution in [0, 0.1) is 13.8 Å². The maximum atomic E-state index is 2.34. The van der Waals surface area contributed by atoms with E-state index in [0.29, 0.717) is 0 Å². The minimum Gasteiger partial charge on any atom is -1.00 e. The van der Waals surface area contributed by atoms with Crippen molar-refractivity contribution in [1.29, 1.82) is 0 Å². The van der Waals surface area contributed by atoms with Crippen molar-refractivity contribution in [2.24, 2.45) is 0 Å². The van der Waals surface area contributed by atoms with E-state index >= 15 is 0 Å². The van der Waals surface area contributed by atoms with Crippen LogP contribution in [0.5, 0.6) is 0 Å². The predicted molar refractivity (Wildman–Crippen MR) is 96.0 cm³/mol. The van der Waals surface area contributed by atoms with Crippen molar-refractivity contribution < 1.29 is 50.7 Å². The van der Waals surface area contributed by atoms with Gasteiger partial charge in [0.05, 0.1) is 0 Å². The van der Waals surface area contributed by atoms with Crippen LogP contribution in [0.25, 0.3) is 21.5 Å². The molecular weight excluding hydrogens is 514 g/mol. The van der Waals surface area contributed by atoms with Gasteiger partial charge >= 0.3 is 25.8 Å². The van der Waals surface area contributed by atoms with Gasteiger partial charge in [-0.15, -0.1) is 69.1 Å². The molecule has 0 saturated carbocycles. The molecule has 0 aliphatic carbocycles. The number of aryl methyl sites for hydroxylation is 4. The van der Waals surface area contributed by atoms with Crippen LogP contribution >= 0.6 is 0 Å². The standard InChI is InChI=1S/C22H20.2ClH.Hf/c1-15-3-7-19-11-17(13-21(19)9-15)5-6-18-12-20-8-4-16(2)10-22(20)14-18;;;/h3-4,7-14H,5-6H2,1-2H3;2*1H;/q-2;;;+4/p-2. The zero-order valence-electron chi connectivity index (χ0n) is 14.4. The molecule has 0 N–H and O–H groups in total. The zero-order chi connectivity index (χ0) is 15.1. The third-order valence-corrected chi connectivity index (χ3v) is 4.55. The molecular formula is C22H20Cl2Hf. The Hall–Kier alpha value is -0.890. The number of hydrogen-bond acceptors (Lipinski definition) is 0. The summed E-state index contributed by atoms with van der Waals surface area (Å²) in [4.78, 5) is 0. The Kier molecular flexibility index (Phi) is 8.12. The molecule has 25 heavy (non-hydrogen) atoms. The van der Waals surface area contributed by atoms with Gasteiger partial charge in [-0.1, -0.05) is 23.3 Å². The first kappa shape index (κ1) is 22.2. The van der Waals surface area contributed by atoms with Crippen LogP contribution in [-0.4, -0.2) is 0 Å². The van der Waals surface area contributed by atoms with Gasteiger partial charge in [0, 0.05) is 0 Å². The Balaban J connectivity index is 0.00000104. The Morgan fingerprint density at radius 3 is 1.44 bits per heavy atom. The first-order valence-corrected chi connectivity index (χ1v) is 7.99. The van der Waals surface area contributed by atoms with Gasteiger partial charge in [0.1, 0.15) is 0 Å². The molecule has 0 saturated heterocycles. The van der Waals surface area contributed by atoms with Crippen molar-refractivity contribution in [3.05, 3.63) is 82.9 Å². The van der Waals surface area contributed by atoms with Gasteiger partial charge < -0.3 is 24.8 Å². The summed E-state index contributed by atoms with van der Waals surface area (Å²) in [7, 11) is 0. The Morgan fingerprint density at radius 2 is 1.04 bits per heavy atom. The van der Waals surface area contributed by atoms with Crippen LogP contribution in [-0.2, 0) is 38.7 Å². The van der Waals surface area contributed by atoms with E-state index in [2.05, 4.69) is 74.5 Å². The van der Waals surface area contributed by atoms with Crippen molar-refractivity contribution in [3.8, 4) is 0 Å². The minimum atomic E-state index is 0. The van der Waals surface area contributed by atoms with Crippen LogP contribution in [0.1, 0.15) is 22.3 Å². The average Bonchev–Trinajstić information content (AvgIpc) is 3.07. The number of benzene rings is 2. The fourth-order valence-electron chi connectivity index (χ4n) is 3.36. The van der Waals surface area contributed by atoms with E-state index < -0.39 is 0 Å². The number of rotatable bonds is 3. The van der Waals surface area contributed by atoms with Gasteiger partial charge in [0.25, 0.3) is 0 Å². The molecule has 0 fully saturated rings. The van der Waals surface area contributed by atoms with E-state index in [1.807, 2.05) is 0 Å². The van der Waals surface area contributed by atoms with Crippen molar-refractivity contribution >= 4 is 21.5 Å². The van der Waals surface area contributed by atoms with E-state index in [-0.39, 0.29) is 50.7 Å². The van der Waals surface area contributed by atoms with Gasteiger partial charge in [-0.25, -0.2) is 0 Å². The molecule has 0 aromatic heterocycles. The normalized spacial score (nSPS) is 10.2. The number of hydrogen-bond donors (Lipinski definition) is 0. The van der Waals surface area contributed by atoms with E-state index in [1.165, 1.54) is 43.8 Å². The van der Waals surface area contributed by atoms with Gasteiger partial charge in [-0.2, -0.15) is 12.1 Å². The molecule has 0 aliphatic rings. The molecule has 3 heteroatoms. The maximum Gasteiger partial charge on any atom is 4.00 e. The summed E-state index contributed by atoms with van der Waals surface area (Å²) < 4.78 is 0. The molecule has 0 heterocycles. The fraction of sp³-hybridized carbons (Fsp3) is 0.182. The summed E-state index contributed by atoms with van der Waals surface area (Å²) >= 11 is 0. The number of halogens is 2. The molecule has 0 bridgehead atoms. The monoisotopic (exact) mass is 534 g/mol. The number of fused-ring (bicyclic) bond motifs is 2. The third-order valence-electron chi connectivity index (χ3n) is 4.55. The molecule has 0 unspecified atom stereocenters. The van der Waals surface area contributed by atoms with Gasteiger partial charge in [-0.3, -0.25) is 0 Å². The van der Waals surface area contributed by atoms with E-state index in [0.717, 1.165) is 12.8 Å². The molecule has 0 radical (unpaired) electrons. The minimum absolute atomic E-state index is 0. The van der Waals surface area contributed by atoms with Crippen LogP contribution in [0.15, 0.2) is 60.7 Å². The molecule has 0 spiro atoms. The smallest absolute Gasteiger partial charge is 1.00 e. The quantitative estimate of drug-likeness (QED) is 0.254. The Bertz CT molecular complexity index is 883. The fourth-order valence-corrected chi connectivity index (χ4v) is 3.36. The summed E-state index contributed by atoms with van der Waals surface area (Å²) in [6, 6.07) is 22.8. The SMILES string of the molecule is Cc1ccc2cc(CCc3cc4ccc(C)cc4[cH-]3)[cH-]c2c1.[Cl-].[Cl-].[Hf+4]. The van der Waals surface area contributed by atoms with Crippen molar-refractivity contribution in [1.82, 2.24) is 0 Å². The molecule has 0 nitrogen and oxygen atoms in total. The van der Waals surface area contributed by atoms with Crippen molar-refractivity contribution in [3.63, 3.8) is 0 Å². The summed E-state index contributed by atoms with van der Waals surface area (Å²) in [6.07, 6.45) is 2.23. The molecule has 0 aliphatic heterocycles. The second-order valence-electron chi connectivity index (χ2n) is 6.49. The van der Waals surface area contributed by atoms with Gasteiger partial charge in [0.15, 0.2) is 0 Å². The van der Waals surface area contributed by atoms with Gasteiger partial charge in [0.2, 0.25) is 0 Å².